The molecule has 0 aliphatic rings. The van der Waals surface area contributed by atoms with Crippen molar-refractivity contribution in [2.24, 2.45) is 0 Å². The molecule has 4 nitrogen and oxygen atoms in total. The molecule has 0 amide bonds. The van der Waals surface area contributed by atoms with Crippen LogP contribution in [0, 0.1) is 0 Å². The van der Waals surface area contributed by atoms with E-state index in [1.54, 1.807) is 0 Å². The fraction of sp³-hybridized carbons (Fsp3) is 0.462. The van der Waals surface area contributed by atoms with Crippen LogP contribution in [0.1, 0.15) is 12.0 Å². The zero-order valence-electron chi connectivity index (χ0n) is 10.4. The summed E-state index contributed by atoms with van der Waals surface area (Å²) < 4.78 is 4.65. The molecule has 0 atom stereocenters. The summed E-state index contributed by atoms with van der Waals surface area (Å²) >= 11 is 5.82. The predicted octanol–water partition coefficient (Wildman–Crippen LogP) is 1.70. The molecule has 0 bridgehead atoms. The Morgan fingerprint density at radius 2 is 2.06 bits per heavy atom. The maximum Gasteiger partial charge on any atom is 0.319 e. The Hall–Kier alpha value is -1.10. The van der Waals surface area contributed by atoms with E-state index in [0.717, 1.165) is 5.56 Å². The molecular weight excluding hydrogens is 254 g/mol. The Morgan fingerprint density at radius 3 is 2.61 bits per heavy atom. The van der Waals surface area contributed by atoms with Gasteiger partial charge in [0.2, 0.25) is 0 Å². The van der Waals surface area contributed by atoms with Crippen molar-refractivity contribution in [2.75, 3.05) is 26.8 Å². The molecule has 0 saturated heterocycles. The summed E-state index contributed by atoms with van der Waals surface area (Å²) in [6, 6.07) is 7.48. The standard InChI is InChI=1S/C13H18ClNO3/c1-18-13(17)10-15(7-2-8-16)9-11-3-5-12(14)6-4-11/h3-6,16H,2,7-10H2,1H3. The third-order valence-corrected chi connectivity index (χ3v) is 2.78. The van der Waals surface area contributed by atoms with Gasteiger partial charge in [0.25, 0.3) is 0 Å². The predicted molar refractivity (Wildman–Crippen MR) is 70.4 cm³/mol. The highest BCUT2D eigenvalue weighted by molar-refractivity contribution is 6.30. The third kappa shape index (κ3) is 5.49. The first kappa shape index (κ1) is 15.0. The number of hydrogen-bond donors (Lipinski definition) is 1. The summed E-state index contributed by atoms with van der Waals surface area (Å²) in [5.74, 6) is -0.276. The minimum absolute atomic E-state index is 0.109. The van der Waals surface area contributed by atoms with Gasteiger partial charge in [0.1, 0.15) is 0 Å². The van der Waals surface area contributed by atoms with E-state index in [0.29, 0.717) is 24.5 Å². The van der Waals surface area contributed by atoms with E-state index in [1.807, 2.05) is 29.2 Å². The van der Waals surface area contributed by atoms with Crippen molar-refractivity contribution >= 4 is 17.6 Å². The van der Waals surface area contributed by atoms with Gasteiger partial charge in [-0.15, -0.1) is 0 Å². The van der Waals surface area contributed by atoms with Gasteiger partial charge in [0.15, 0.2) is 0 Å². The highest BCUT2D eigenvalue weighted by Gasteiger charge is 2.11. The van der Waals surface area contributed by atoms with Gasteiger partial charge in [0, 0.05) is 24.7 Å². The second kappa shape index (κ2) is 8.08. The Kier molecular flexibility index (Phi) is 6.72. The van der Waals surface area contributed by atoms with E-state index in [4.69, 9.17) is 16.7 Å². The van der Waals surface area contributed by atoms with Crippen LogP contribution in [-0.2, 0) is 16.1 Å². The van der Waals surface area contributed by atoms with E-state index < -0.39 is 0 Å². The maximum absolute atomic E-state index is 11.3. The number of ether oxygens (including phenoxy) is 1. The van der Waals surface area contributed by atoms with Crippen LogP contribution >= 0.6 is 11.6 Å². The molecular formula is C13H18ClNO3. The fourth-order valence-corrected chi connectivity index (χ4v) is 1.73. The van der Waals surface area contributed by atoms with Crippen LogP contribution in [-0.4, -0.2) is 42.8 Å². The number of nitrogens with zero attached hydrogens (tertiary/aromatic N) is 1. The topological polar surface area (TPSA) is 49.8 Å². The van der Waals surface area contributed by atoms with E-state index in [1.165, 1.54) is 7.11 Å². The van der Waals surface area contributed by atoms with Gasteiger partial charge in [0.05, 0.1) is 13.7 Å². The molecule has 0 unspecified atom stereocenters. The lowest BCUT2D eigenvalue weighted by Gasteiger charge is -2.20. The highest BCUT2D eigenvalue weighted by Crippen LogP contribution is 2.11. The number of hydrogen-bond acceptors (Lipinski definition) is 4. The maximum atomic E-state index is 11.3. The van der Waals surface area contributed by atoms with Gasteiger partial charge in [-0.2, -0.15) is 0 Å². The largest absolute Gasteiger partial charge is 0.468 e. The van der Waals surface area contributed by atoms with Crippen molar-refractivity contribution in [1.82, 2.24) is 4.90 Å². The molecule has 5 heteroatoms. The lowest BCUT2D eigenvalue weighted by molar-refractivity contribution is -0.142. The number of halogens is 1. The molecule has 100 valence electrons. The number of esters is 1. The number of aliphatic hydroxyl groups excluding tert-OH is 1. The number of carbonyl (C=O) groups is 1. The van der Waals surface area contributed by atoms with Gasteiger partial charge in [-0.05, 0) is 24.1 Å². The zero-order chi connectivity index (χ0) is 13.4. The molecule has 0 saturated carbocycles. The first-order valence-electron chi connectivity index (χ1n) is 5.80. The molecule has 0 spiro atoms. The number of carbonyl (C=O) groups excluding carboxylic acids is 1. The monoisotopic (exact) mass is 271 g/mol. The Balaban J connectivity index is 2.59. The van der Waals surface area contributed by atoms with Crippen molar-refractivity contribution < 1.29 is 14.6 Å². The molecule has 1 N–H and O–H groups in total. The summed E-state index contributed by atoms with van der Waals surface area (Å²) in [4.78, 5) is 13.2. The average molecular weight is 272 g/mol. The van der Waals surface area contributed by atoms with Gasteiger partial charge < -0.3 is 9.84 Å². The lowest BCUT2D eigenvalue weighted by Crippen LogP contribution is -2.31. The number of aliphatic hydroxyl groups is 1. The molecule has 0 heterocycles. The minimum Gasteiger partial charge on any atom is -0.468 e. The van der Waals surface area contributed by atoms with Crippen molar-refractivity contribution in [1.29, 1.82) is 0 Å². The third-order valence-electron chi connectivity index (χ3n) is 2.53. The van der Waals surface area contributed by atoms with Gasteiger partial charge in [-0.3, -0.25) is 9.69 Å². The minimum atomic E-state index is -0.276. The molecule has 0 aromatic heterocycles. The van der Waals surface area contributed by atoms with E-state index in [2.05, 4.69) is 4.74 Å². The SMILES string of the molecule is COC(=O)CN(CCCO)Cc1ccc(Cl)cc1. The summed E-state index contributed by atoms with van der Waals surface area (Å²) in [7, 11) is 1.37. The van der Waals surface area contributed by atoms with Crippen molar-refractivity contribution in [3.63, 3.8) is 0 Å². The second-order valence-electron chi connectivity index (χ2n) is 3.99. The zero-order valence-corrected chi connectivity index (χ0v) is 11.2. The van der Waals surface area contributed by atoms with Crippen LogP contribution in [0.15, 0.2) is 24.3 Å². The summed E-state index contributed by atoms with van der Waals surface area (Å²) in [6.07, 6.45) is 0.630. The number of rotatable bonds is 7. The van der Waals surface area contributed by atoms with Crippen molar-refractivity contribution in [3.05, 3.63) is 34.9 Å². The van der Waals surface area contributed by atoms with Gasteiger partial charge >= 0.3 is 5.97 Å². The second-order valence-corrected chi connectivity index (χ2v) is 4.43. The Labute approximate surface area is 112 Å². The summed E-state index contributed by atoms with van der Waals surface area (Å²) in [5, 5.41) is 9.54. The van der Waals surface area contributed by atoms with Crippen LogP contribution in [0.25, 0.3) is 0 Å². The Morgan fingerprint density at radius 1 is 1.39 bits per heavy atom. The quantitative estimate of drug-likeness (QED) is 0.767. The number of benzene rings is 1. The molecule has 1 aromatic rings. The van der Waals surface area contributed by atoms with E-state index in [9.17, 15) is 4.79 Å². The van der Waals surface area contributed by atoms with Crippen LogP contribution in [0.2, 0.25) is 5.02 Å². The highest BCUT2D eigenvalue weighted by atomic mass is 35.5. The molecule has 0 fully saturated rings. The molecule has 1 rings (SSSR count). The van der Waals surface area contributed by atoms with Crippen molar-refractivity contribution in [2.45, 2.75) is 13.0 Å². The summed E-state index contributed by atoms with van der Waals surface area (Å²) in [5.41, 5.74) is 1.07. The normalized spacial score (nSPS) is 10.7. The average Bonchev–Trinajstić information content (AvgIpc) is 2.38. The van der Waals surface area contributed by atoms with E-state index >= 15 is 0 Å². The molecule has 0 aliphatic carbocycles. The van der Waals surface area contributed by atoms with Crippen LogP contribution in [0.4, 0.5) is 0 Å². The molecule has 18 heavy (non-hydrogen) atoms. The molecule has 1 aromatic carbocycles. The van der Waals surface area contributed by atoms with Crippen LogP contribution in [0.3, 0.4) is 0 Å². The van der Waals surface area contributed by atoms with Crippen LogP contribution in [0.5, 0.6) is 0 Å². The Bertz CT molecular complexity index is 367. The van der Waals surface area contributed by atoms with Crippen LogP contribution < -0.4 is 0 Å². The lowest BCUT2D eigenvalue weighted by atomic mass is 10.2. The smallest absolute Gasteiger partial charge is 0.319 e. The number of methoxy groups -OCH3 is 1. The summed E-state index contributed by atoms with van der Waals surface area (Å²) in [6.45, 7) is 1.61. The van der Waals surface area contributed by atoms with Crippen molar-refractivity contribution in [3.8, 4) is 0 Å². The molecule has 0 aliphatic heterocycles. The first-order chi connectivity index (χ1) is 8.65. The van der Waals surface area contributed by atoms with Gasteiger partial charge in [-0.1, -0.05) is 23.7 Å². The van der Waals surface area contributed by atoms with E-state index in [-0.39, 0.29) is 19.1 Å². The fourth-order valence-electron chi connectivity index (χ4n) is 1.60. The molecule has 0 radical (unpaired) electrons. The first-order valence-corrected chi connectivity index (χ1v) is 6.18. The van der Waals surface area contributed by atoms with Gasteiger partial charge in [-0.25, -0.2) is 0 Å².